The van der Waals surface area contributed by atoms with Crippen molar-refractivity contribution in [3.8, 4) is 0 Å². The number of nitrogens with zero attached hydrogens (tertiary/aromatic N) is 1. The predicted molar refractivity (Wildman–Crippen MR) is 86.7 cm³/mol. The molecule has 0 aliphatic rings. The second-order valence-electron chi connectivity index (χ2n) is 6.11. The first-order valence-corrected chi connectivity index (χ1v) is 8.22. The fraction of sp³-hybridized carbons (Fsp3) is 0.750. The molecule has 0 amide bonds. The zero-order valence-electron chi connectivity index (χ0n) is 13.3. The maximum absolute atomic E-state index is 6.39. The molecule has 0 radical (unpaired) electrons. The minimum atomic E-state index is 0.206. The molecule has 110 valence electrons. The lowest BCUT2D eigenvalue weighted by Gasteiger charge is -2.36. The standard InChI is InChI=1S/C16H30N2S/c1-7-14(17)16(15-9-8-13(5)19-15)18(6)12(4)10-11(2)3/h8-9,11-12,14,16H,7,10,17H2,1-6H3. The Balaban J connectivity index is 2.91. The van der Waals surface area contributed by atoms with Crippen LogP contribution >= 0.6 is 11.3 Å². The number of hydrogen-bond acceptors (Lipinski definition) is 3. The van der Waals surface area contributed by atoms with Crippen LogP contribution in [0.15, 0.2) is 12.1 Å². The zero-order chi connectivity index (χ0) is 14.6. The highest BCUT2D eigenvalue weighted by molar-refractivity contribution is 7.12. The molecule has 2 nitrogen and oxygen atoms in total. The van der Waals surface area contributed by atoms with E-state index in [1.807, 2.05) is 11.3 Å². The molecule has 0 fully saturated rings. The molecule has 3 heteroatoms. The first kappa shape index (κ1) is 16.7. The van der Waals surface area contributed by atoms with E-state index < -0.39 is 0 Å². The second-order valence-corrected chi connectivity index (χ2v) is 7.43. The SMILES string of the molecule is CCC(N)C(c1ccc(C)s1)N(C)C(C)CC(C)C. The summed E-state index contributed by atoms with van der Waals surface area (Å²) in [6, 6.07) is 5.56. The number of thiophene rings is 1. The lowest BCUT2D eigenvalue weighted by atomic mass is 9.98. The van der Waals surface area contributed by atoms with Crippen LogP contribution in [0.4, 0.5) is 0 Å². The molecule has 0 aromatic carbocycles. The first-order chi connectivity index (χ1) is 8.86. The van der Waals surface area contributed by atoms with Gasteiger partial charge in [-0.05, 0) is 51.8 Å². The summed E-state index contributed by atoms with van der Waals surface area (Å²) < 4.78 is 0. The van der Waals surface area contributed by atoms with Gasteiger partial charge >= 0.3 is 0 Å². The van der Waals surface area contributed by atoms with Gasteiger partial charge in [0.2, 0.25) is 0 Å². The van der Waals surface area contributed by atoms with E-state index >= 15 is 0 Å². The maximum Gasteiger partial charge on any atom is 0.0593 e. The van der Waals surface area contributed by atoms with Crippen molar-refractivity contribution in [2.45, 2.75) is 65.6 Å². The van der Waals surface area contributed by atoms with Crippen molar-refractivity contribution in [1.82, 2.24) is 4.90 Å². The van der Waals surface area contributed by atoms with Crippen LogP contribution in [0.3, 0.4) is 0 Å². The van der Waals surface area contributed by atoms with E-state index in [1.54, 1.807) is 0 Å². The lowest BCUT2D eigenvalue weighted by Crippen LogP contribution is -2.43. The van der Waals surface area contributed by atoms with Crippen molar-refractivity contribution < 1.29 is 0 Å². The molecule has 1 rings (SSSR count). The molecule has 2 N–H and O–H groups in total. The zero-order valence-corrected chi connectivity index (χ0v) is 14.1. The average molecular weight is 282 g/mol. The van der Waals surface area contributed by atoms with Gasteiger partial charge in [0.05, 0.1) is 6.04 Å². The van der Waals surface area contributed by atoms with E-state index in [4.69, 9.17) is 5.73 Å². The third kappa shape index (κ3) is 4.59. The molecule has 3 atom stereocenters. The molecule has 3 unspecified atom stereocenters. The third-order valence-corrected chi connectivity index (χ3v) is 4.95. The fourth-order valence-corrected chi connectivity index (χ4v) is 3.78. The largest absolute Gasteiger partial charge is 0.326 e. The first-order valence-electron chi connectivity index (χ1n) is 7.40. The summed E-state index contributed by atoms with van der Waals surface area (Å²) in [6.07, 6.45) is 2.23. The Hall–Kier alpha value is -0.380. The van der Waals surface area contributed by atoms with E-state index in [1.165, 1.54) is 16.2 Å². The molecule has 0 aliphatic carbocycles. The van der Waals surface area contributed by atoms with Gasteiger partial charge in [0.25, 0.3) is 0 Å². The molecule has 1 aromatic heterocycles. The Morgan fingerprint density at radius 1 is 1.26 bits per heavy atom. The van der Waals surface area contributed by atoms with Crippen molar-refractivity contribution in [1.29, 1.82) is 0 Å². The van der Waals surface area contributed by atoms with E-state index in [0.29, 0.717) is 12.1 Å². The molecular weight excluding hydrogens is 252 g/mol. The van der Waals surface area contributed by atoms with Crippen LogP contribution in [-0.4, -0.2) is 24.0 Å². The van der Waals surface area contributed by atoms with Gasteiger partial charge in [0, 0.05) is 21.8 Å². The van der Waals surface area contributed by atoms with Gasteiger partial charge in [-0.2, -0.15) is 0 Å². The number of likely N-dealkylation sites (N-methyl/N-ethyl adjacent to an activating group) is 1. The van der Waals surface area contributed by atoms with Crippen molar-refractivity contribution in [2.24, 2.45) is 11.7 Å². The monoisotopic (exact) mass is 282 g/mol. The quantitative estimate of drug-likeness (QED) is 0.812. The van der Waals surface area contributed by atoms with Crippen LogP contribution in [-0.2, 0) is 0 Å². The molecule has 19 heavy (non-hydrogen) atoms. The van der Waals surface area contributed by atoms with Gasteiger partial charge in [-0.15, -0.1) is 11.3 Å². The molecular formula is C16H30N2S. The predicted octanol–water partition coefficient (Wildman–Crippen LogP) is 4.20. The molecule has 0 aliphatic heterocycles. The highest BCUT2D eigenvalue weighted by Gasteiger charge is 2.27. The summed E-state index contributed by atoms with van der Waals surface area (Å²) in [6.45, 7) is 11.2. The maximum atomic E-state index is 6.39. The van der Waals surface area contributed by atoms with Crippen LogP contribution in [0, 0.1) is 12.8 Å². The number of aryl methyl sites for hydroxylation is 1. The molecule has 0 spiro atoms. The van der Waals surface area contributed by atoms with Crippen molar-refractivity contribution in [3.05, 3.63) is 21.9 Å². The van der Waals surface area contributed by atoms with E-state index in [-0.39, 0.29) is 6.04 Å². The second kappa shape index (κ2) is 7.41. The van der Waals surface area contributed by atoms with Crippen molar-refractivity contribution in [2.75, 3.05) is 7.05 Å². The summed E-state index contributed by atoms with van der Waals surface area (Å²) in [5, 5.41) is 0. The van der Waals surface area contributed by atoms with Gasteiger partial charge in [0.15, 0.2) is 0 Å². The average Bonchev–Trinajstić information content (AvgIpc) is 2.74. The molecule has 1 aromatic rings. The Morgan fingerprint density at radius 3 is 2.32 bits per heavy atom. The summed E-state index contributed by atoms with van der Waals surface area (Å²) >= 11 is 1.88. The van der Waals surface area contributed by atoms with E-state index in [0.717, 1.165) is 12.3 Å². The summed E-state index contributed by atoms with van der Waals surface area (Å²) in [5.74, 6) is 0.723. The van der Waals surface area contributed by atoms with E-state index in [2.05, 4.69) is 58.7 Å². The van der Waals surface area contributed by atoms with Crippen molar-refractivity contribution in [3.63, 3.8) is 0 Å². The minimum Gasteiger partial charge on any atom is -0.326 e. The lowest BCUT2D eigenvalue weighted by molar-refractivity contribution is 0.144. The van der Waals surface area contributed by atoms with Crippen LogP contribution in [0.2, 0.25) is 0 Å². The van der Waals surface area contributed by atoms with Crippen LogP contribution in [0.1, 0.15) is 56.3 Å². The van der Waals surface area contributed by atoms with E-state index in [9.17, 15) is 0 Å². The van der Waals surface area contributed by atoms with Crippen LogP contribution in [0.25, 0.3) is 0 Å². The molecule has 0 bridgehead atoms. The Kier molecular flexibility index (Phi) is 6.51. The number of hydrogen-bond donors (Lipinski definition) is 1. The molecule has 1 heterocycles. The smallest absolute Gasteiger partial charge is 0.0593 e. The Bertz CT molecular complexity index is 373. The molecule has 0 saturated carbocycles. The fourth-order valence-electron chi connectivity index (χ4n) is 2.67. The van der Waals surface area contributed by atoms with Gasteiger partial charge < -0.3 is 5.73 Å². The Morgan fingerprint density at radius 2 is 1.89 bits per heavy atom. The highest BCUT2D eigenvalue weighted by atomic mass is 32.1. The van der Waals surface area contributed by atoms with Gasteiger partial charge in [0.1, 0.15) is 0 Å². The van der Waals surface area contributed by atoms with Gasteiger partial charge in [-0.1, -0.05) is 20.8 Å². The minimum absolute atomic E-state index is 0.206. The van der Waals surface area contributed by atoms with Gasteiger partial charge in [-0.25, -0.2) is 0 Å². The topological polar surface area (TPSA) is 29.3 Å². The summed E-state index contributed by atoms with van der Waals surface area (Å²) in [4.78, 5) is 5.25. The van der Waals surface area contributed by atoms with Crippen LogP contribution in [0.5, 0.6) is 0 Å². The highest BCUT2D eigenvalue weighted by Crippen LogP contribution is 2.32. The Labute approximate surface area is 123 Å². The van der Waals surface area contributed by atoms with Crippen LogP contribution < -0.4 is 5.73 Å². The number of rotatable bonds is 7. The summed E-state index contributed by atoms with van der Waals surface area (Å²) in [7, 11) is 2.22. The summed E-state index contributed by atoms with van der Waals surface area (Å²) in [5.41, 5.74) is 6.39. The number of nitrogens with two attached hydrogens (primary N) is 1. The normalized spacial score (nSPS) is 16.9. The molecule has 0 saturated heterocycles. The van der Waals surface area contributed by atoms with Crippen molar-refractivity contribution >= 4 is 11.3 Å². The third-order valence-electron chi connectivity index (χ3n) is 3.88. The van der Waals surface area contributed by atoms with Gasteiger partial charge in [-0.3, -0.25) is 4.90 Å².